The number of unbranched alkanes of at least 4 members (excludes halogenated alkanes) is 1. The number of fused-ring (bicyclic) bond motifs is 1. The molecule has 1 aromatic heterocycles. The Balaban J connectivity index is 2.22. The summed E-state index contributed by atoms with van der Waals surface area (Å²) in [5.41, 5.74) is 7.13. The lowest BCUT2D eigenvalue weighted by atomic mass is 9.87. The Kier molecular flexibility index (Phi) is 12.4. The Morgan fingerprint density at radius 2 is 1.74 bits per heavy atom. The van der Waals surface area contributed by atoms with Crippen LogP contribution in [0, 0.1) is 5.41 Å². The van der Waals surface area contributed by atoms with Crippen molar-refractivity contribution < 1.29 is 33.8 Å². The molecule has 12 nitrogen and oxygen atoms in total. The first-order valence-corrected chi connectivity index (χ1v) is 16.2. The van der Waals surface area contributed by atoms with Gasteiger partial charge in [0.2, 0.25) is 11.8 Å². The Morgan fingerprint density at radius 3 is 2.30 bits per heavy atom. The summed E-state index contributed by atoms with van der Waals surface area (Å²) in [5.74, 6) is -2.72. The molecule has 46 heavy (non-hydrogen) atoms. The first-order valence-electron chi connectivity index (χ1n) is 16.2. The number of nitrogens with zero attached hydrogens (tertiary/aromatic N) is 3. The molecule has 1 aliphatic heterocycles. The minimum absolute atomic E-state index is 0.178. The molecule has 0 radical (unpaired) electrons. The molecule has 4 amide bonds. The lowest BCUT2D eigenvalue weighted by molar-refractivity contribution is -0.144. The Bertz CT molecular complexity index is 1400. The summed E-state index contributed by atoms with van der Waals surface area (Å²) in [6, 6.07) is 2.17. The molecule has 0 unspecified atom stereocenters. The summed E-state index contributed by atoms with van der Waals surface area (Å²) < 4.78 is 6.27. The zero-order chi connectivity index (χ0) is 34.3. The number of nitrogens with two attached hydrogens (primary N) is 1. The summed E-state index contributed by atoms with van der Waals surface area (Å²) in [6.45, 7) is 11.5. The summed E-state index contributed by atoms with van der Waals surface area (Å²) in [5, 5.41) is 13.2. The third-order valence-corrected chi connectivity index (χ3v) is 8.66. The van der Waals surface area contributed by atoms with Crippen molar-refractivity contribution in [3.63, 3.8) is 0 Å². The molecule has 1 aliphatic rings. The van der Waals surface area contributed by atoms with Crippen molar-refractivity contribution in [1.29, 1.82) is 0 Å². The number of urea groups is 1. The molecule has 2 aromatic rings. The highest BCUT2D eigenvalue weighted by Crippen LogP contribution is 2.29. The number of aliphatic carboxylic acids is 1. The molecule has 1 saturated heterocycles. The van der Waals surface area contributed by atoms with E-state index in [0.717, 1.165) is 24.2 Å². The number of hydrogen-bond donors (Lipinski definition) is 3. The lowest BCUT2D eigenvalue weighted by Crippen LogP contribution is -2.64. The predicted molar refractivity (Wildman–Crippen MR) is 175 cm³/mol. The SMILES string of the molecule is CCCC[C@@H](NC(=O)[C@H](Cc1cn(C(=O)OC)c2ccccc12)N(C(=O)[C@@H](N)CC(C)(C)C)C(=O)N1[C@H](C)CCC[C@@H]1C)C(=O)O. The largest absolute Gasteiger partial charge is 0.480 e. The molecule has 1 aromatic carbocycles. The minimum atomic E-state index is -1.47. The Labute approximate surface area is 271 Å². The number of benzene rings is 1. The van der Waals surface area contributed by atoms with E-state index in [-0.39, 0.29) is 36.8 Å². The number of aromatic nitrogens is 1. The van der Waals surface area contributed by atoms with E-state index >= 15 is 0 Å². The fraction of sp³-hybridized carbons (Fsp3) is 0.618. The van der Waals surface area contributed by atoms with Crippen molar-refractivity contribution >= 4 is 40.8 Å². The first kappa shape index (κ1) is 36.5. The molecule has 0 bridgehead atoms. The molecule has 5 atom stereocenters. The van der Waals surface area contributed by atoms with Gasteiger partial charge in [-0.1, -0.05) is 58.7 Å². The number of para-hydroxylation sites is 1. The summed E-state index contributed by atoms with van der Waals surface area (Å²) in [4.78, 5) is 70.7. The van der Waals surface area contributed by atoms with Gasteiger partial charge in [0.1, 0.15) is 12.1 Å². The molecular weight excluding hydrogens is 590 g/mol. The number of carbonyl (C=O) groups excluding carboxylic acids is 4. The number of carbonyl (C=O) groups is 5. The average molecular weight is 642 g/mol. The number of rotatable bonds is 11. The van der Waals surface area contributed by atoms with Gasteiger partial charge in [-0.25, -0.2) is 19.3 Å². The van der Waals surface area contributed by atoms with Gasteiger partial charge in [0.05, 0.1) is 18.7 Å². The number of imide groups is 1. The molecule has 254 valence electrons. The van der Waals surface area contributed by atoms with Crippen LogP contribution in [0.4, 0.5) is 9.59 Å². The first-order chi connectivity index (χ1) is 21.6. The normalized spacial score (nSPS) is 18.8. The molecule has 2 heterocycles. The van der Waals surface area contributed by atoms with Gasteiger partial charge in [0.15, 0.2) is 0 Å². The summed E-state index contributed by atoms with van der Waals surface area (Å²) in [6.07, 6.45) is 4.74. The number of nitrogens with one attached hydrogen (secondary N) is 1. The van der Waals surface area contributed by atoms with Crippen LogP contribution < -0.4 is 11.1 Å². The van der Waals surface area contributed by atoms with Gasteiger partial charge in [-0.2, -0.15) is 0 Å². The third-order valence-electron chi connectivity index (χ3n) is 8.66. The van der Waals surface area contributed by atoms with E-state index in [0.29, 0.717) is 29.3 Å². The van der Waals surface area contributed by atoms with Crippen molar-refractivity contribution in [2.75, 3.05) is 7.11 Å². The molecule has 12 heteroatoms. The van der Waals surface area contributed by atoms with E-state index in [9.17, 15) is 29.1 Å². The van der Waals surface area contributed by atoms with Crippen LogP contribution in [0.25, 0.3) is 10.9 Å². The molecule has 4 N–H and O–H groups in total. The van der Waals surface area contributed by atoms with E-state index in [1.165, 1.54) is 17.9 Å². The van der Waals surface area contributed by atoms with Crippen LogP contribution in [-0.4, -0.2) is 86.7 Å². The lowest BCUT2D eigenvalue weighted by Gasteiger charge is -2.43. The number of likely N-dealkylation sites (tertiary alicyclic amines) is 1. The highest BCUT2D eigenvalue weighted by molar-refractivity contribution is 6.03. The van der Waals surface area contributed by atoms with Crippen LogP contribution in [-0.2, 0) is 25.5 Å². The van der Waals surface area contributed by atoms with E-state index in [1.54, 1.807) is 29.2 Å². The van der Waals surface area contributed by atoms with E-state index in [4.69, 9.17) is 10.5 Å². The van der Waals surface area contributed by atoms with Crippen LogP contribution in [0.1, 0.15) is 92.1 Å². The van der Waals surface area contributed by atoms with Gasteiger partial charge >= 0.3 is 18.1 Å². The van der Waals surface area contributed by atoms with Gasteiger partial charge < -0.3 is 25.8 Å². The molecule has 0 saturated carbocycles. The Morgan fingerprint density at radius 1 is 1.11 bits per heavy atom. The third kappa shape index (κ3) is 8.65. The van der Waals surface area contributed by atoms with Crippen molar-refractivity contribution in [2.45, 2.75) is 123 Å². The number of amides is 4. The van der Waals surface area contributed by atoms with Crippen LogP contribution >= 0.6 is 0 Å². The summed E-state index contributed by atoms with van der Waals surface area (Å²) in [7, 11) is 1.26. The van der Waals surface area contributed by atoms with E-state index in [2.05, 4.69) is 5.32 Å². The smallest absolute Gasteiger partial charge is 0.418 e. The molecule has 0 spiro atoms. The van der Waals surface area contributed by atoms with Crippen molar-refractivity contribution in [3.05, 3.63) is 36.0 Å². The second-order valence-corrected chi connectivity index (χ2v) is 13.7. The van der Waals surface area contributed by atoms with E-state index in [1.807, 2.05) is 41.5 Å². The highest BCUT2D eigenvalue weighted by Gasteiger charge is 2.44. The zero-order valence-corrected chi connectivity index (χ0v) is 28.2. The number of hydrogen-bond acceptors (Lipinski definition) is 7. The van der Waals surface area contributed by atoms with Gasteiger partial charge in [-0.3, -0.25) is 14.2 Å². The zero-order valence-electron chi connectivity index (χ0n) is 28.2. The number of methoxy groups -OCH3 is 1. The molecule has 1 fully saturated rings. The van der Waals surface area contributed by atoms with Gasteiger partial charge in [0, 0.05) is 30.1 Å². The summed E-state index contributed by atoms with van der Waals surface area (Å²) >= 11 is 0. The fourth-order valence-electron chi connectivity index (χ4n) is 6.33. The monoisotopic (exact) mass is 641 g/mol. The average Bonchev–Trinajstić information content (AvgIpc) is 3.35. The molecule has 0 aliphatic carbocycles. The van der Waals surface area contributed by atoms with Crippen molar-refractivity contribution in [3.8, 4) is 0 Å². The van der Waals surface area contributed by atoms with Crippen LogP contribution in [0.3, 0.4) is 0 Å². The number of carboxylic acids is 1. The second-order valence-electron chi connectivity index (χ2n) is 13.7. The fourth-order valence-corrected chi connectivity index (χ4v) is 6.33. The minimum Gasteiger partial charge on any atom is -0.480 e. The maximum Gasteiger partial charge on any atom is 0.418 e. The topological polar surface area (TPSA) is 164 Å². The van der Waals surface area contributed by atoms with Crippen molar-refractivity contribution in [1.82, 2.24) is 19.7 Å². The standard InChI is InChI=1S/C34H51N5O7/c1-8-9-16-26(31(42)43)36-29(40)28(18-23-20-37(33(45)46-7)27-17-11-10-15-24(23)27)39(30(41)25(35)19-34(4,5)6)32(44)38-21(2)13-12-14-22(38)3/h10-11,15,17,20-22,25-26,28H,8-9,12-14,16,18-19,35H2,1-7H3,(H,36,40)(H,42,43)/t21-,22+,25-,26+,28-/m0/s1. The Hall–Kier alpha value is -3.93. The van der Waals surface area contributed by atoms with Gasteiger partial charge in [-0.15, -0.1) is 0 Å². The van der Waals surface area contributed by atoms with Gasteiger partial charge in [0.25, 0.3) is 0 Å². The van der Waals surface area contributed by atoms with Crippen LogP contribution in [0.2, 0.25) is 0 Å². The molecular formula is C34H51N5O7. The second kappa shape index (κ2) is 15.6. The quantitative estimate of drug-likeness (QED) is 0.312. The maximum absolute atomic E-state index is 14.6. The van der Waals surface area contributed by atoms with Gasteiger partial charge in [-0.05, 0) is 63.0 Å². The highest BCUT2D eigenvalue weighted by atomic mass is 16.5. The maximum atomic E-state index is 14.6. The number of piperidine rings is 1. The molecule has 3 rings (SSSR count). The van der Waals surface area contributed by atoms with Crippen LogP contribution in [0.5, 0.6) is 0 Å². The van der Waals surface area contributed by atoms with E-state index < -0.39 is 48.0 Å². The predicted octanol–water partition coefficient (Wildman–Crippen LogP) is 4.90. The van der Waals surface area contributed by atoms with Crippen molar-refractivity contribution in [2.24, 2.45) is 11.1 Å². The number of ether oxygens (including phenoxy) is 1. The number of carboxylic acid groups (broad SMARTS) is 1. The van der Waals surface area contributed by atoms with Crippen LogP contribution in [0.15, 0.2) is 30.5 Å².